The minimum Gasteiger partial charge on any atom is -0.478 e. The monoisotopic (exact) mass is 297 g/mol. The van der Waals surface area contributed by atoms with Crippen molar-refractivity contribution in [3.05, 3.63) is 27.9 Å². The number of carboxylic acid groups (broad SMARTS) is 1. The highest BCUT2D eigenvalue weighted by molar-refractivity contribution is 5.93. The predicted molar refractivity (Wildman–Crippen MR) is 76.4 cm³/mol. The predicted octanol–water partition coefficient (Wildman–Crippen LogP) is 1.90. The number of carbonyl (C=O) groups is 1. The number of nitro groups is 1. The van der Waals surface area contributed by atoms with Crippen molar-refractivity contribution in [1.29, 1.82) is 0 Å². The van der Waals surface area contributed by atoms with Crippen molar-refractivity contribution in [2.45, 2.75) is 26.7 Å². The molecule has 1 aromatic heterocycles. The highest BCUT2D eigenvalue weighted by Gasteiger charge is 2.21. The SMILES string of the molecule is CC(C)(CCCO)CNc1ncc([N+](=O)[O-])cc1C(=O)O. The van der Waals surface area contributed by atoms with Crippen LogP contribution < -0.4 is 5.32 Å². The Hall–Kier alpha value is -2.22. The van der Waals surface area contributed by atoms with Gasteiger partial charge in [0, 0.05) is 19.2 Å². The first-order valence-electron chi connectivity index (χ1n) is 6.49. The van der Waals surface area contributed by atoms with Gasteiger partial charge in [-0.05, 0) is 18.3 Å². The molecule has 1 rings (SSSR count). The molecule has 0 fully saturated rings. The van der Waals surface area contributed by atoms with Gasteiger partial charge < -0.3 is 15.5 Å². The molecule has 8 nitrogen and oxygen atoms in total. The molecule has 0 saturated carbocycles. The van der Waals surface area contributed by atoms with E-state index >= 15 is 0 Å². The molecule has 1 aromatic rings. The van der Waals surface area contributed by atoms with Crippen molar-refractivity contribution in [1.82, 2.24) is 4.98 Å². The Bertz CT molecular complexity index is 531. The number of aromatic carboxylic acids is 1. The fourth-order valence-electron chi connectivity index (χ4n) is 1.83. The van der Waals surface area contributed by atoms with Gasteiger partial charge in [0.25, 0.3) is 5.69 Å². The summed E-state index contributed by atoms with van der Waals surface area (Å²) in [5.74, 6) is -1.17. The van der Waals surface area contributed by atoms with E-state index in [-0.39, 0.29) is 29.1 Å². The van der Waals surface area contributed by atoms with Crippen LogP contribution in [0.5, 0.6) is 0 Å². The van der Waals surface area contributed by atoms with E-state index in [1.54, 1.807) is 0 Å². The minimum absolute atomic E-state index is 0.0968. The molecule has 0 aliphatic rings. The molecule has 0 aromatic carbocycles. The number of aromatic nitrogens is 1. The molecule has 0 atom stereocenters. The normalized spacial score (nSPS) is 11.2. The molecule has 0 aliphatic carbocycles. The minimum atomic E-state index is -1.28. The van der Waals surface area contributed by atoms with Crippen LogP contribution >= 0.6 is 0 Å². The van der Waals surface area contributed by atoms with Crippen LogP contribution in [0.4, 0.5) is 11.5 Å². The summed E-state index contributed by atoms with van der Waals surface area (Å²) in [6.45, 7) is 4.49. The molecule has 0 aliphatic heterocycles. The third-order valence-corrected chi connectivity index (χ3v) is 3.06. The van der Waals surface area contributed by atoms with E-state index in [0.717, 1.165) is 18.7 Å². The summed E-state index contributed by atoms with van der Waals surface area (Å²) in [7, 11) is 0. The number of aliphatic hydroxyl groups excluding tert-OH is 1. The molecule has 1 heterocycles. The van der Waals surface area contributed by atoms with Gasteiger partial charge in [-0.1, -0.05) is 13.8 Å². The topological polar surface area (TPSA) is 126 Å². The van der Waals surface area contributed by atoms with Crippen LogP contribution in [-0.2, 0) is 0 Å². The lowest BCUT2D eigenvalue weighted by atomic mass is 9.88. The Labute approximate surface area is 122 Å². The first-order chi connectivity index (χ1) is 9.76. The third kappa shape index (κ3) is 4.99. The molecule has 0 bridgehead atoms. The van der Waals surface area contributed by atoms with Crippen molar-refractivity contribution in [2.75, 3.05) is 18.5 Å². The summed E-state index contributed by atoms with van der Waals surface area (Å²) >= 11 is 0. The Morgan fingerprint density at radius 2 is 2.19 bits per heavy atom. The average Bonchev–Trinajstić information content (AvgIpc) is 2.42. The fourth-order valence-corrected chi connectivity index (χ4v) is 1.83. The van der Waals surface area contributed by atoms with Gasteiger partial charge in [0.1, 0.15) is 17.6 Å². The largest absolute Gasteiger partial charge is 0.478 e. The first-order valence-corrected chi connectivity index (χ1v) is 6.49. The number of hydrogen-bond acceptors (Lipinski definition) is 6. The lowest BCUT2D eigenvalue weighted by molar-refractivity contribution is -0.385. The lowest BCUT2D eigenvalue weighted by Gasteiger charge is -2.25. The van der Waals surface area contributed by atoms with E-state index in [0.29, 0.717) is 13.0 Å². The highest BCUT2D eigenvalue weighted by Crippen LogP contribution is 2.25. The number of pyridine rings is 1. The Morgan fingerprint density at radius 3 is 2.71 bits per heavy atom. The Balaban J connectivity index is 2.88. The smallest absolute Gasteiger partial charge is 0.339 e. The van der Waals surface area contributed by atoms with Gasteiger partial charge >= 0.3 is 5.97 Å². The number of nitrogens with zero attached hydrogens (tertiary/aromatic N) is 2. The molecule has 0 spiro atoms. The van der Waals surface area contributed by atoms with Gasteiger partial charge in [-0.3, -0.25) is 10.1 Å². The Kier molecular flexibility index (Phi) is 5.60. The van der Waals surface area contributed by atoms with Crippen molar-refractivity contribution < 1.29 is 19.9 Å². The van der Waals surface area contributed by atoms with Gasteiger partial charge in [0.05, 0.1) is 4.92 Å². The molecule has 116 valence electrons. The maximum Gasteiger partial charge on any atom is 0.339 e. The summed E-state index contributed by atoms with van der Waals surface area (Å²) < 4.78 is 0. The summed E-state index contributed by atoms with van der Waals surface area (Å²) in [5.41, 5.74) is -0.762. The Morgan fingerprint density at radius 1 is 1.52 bits per heavy atom. The summed E-state index contributed by atoms with van der Waals surface area (Å²) in [6, 6.07) is 0.985. The van der Waals surface area contributed by atoms with Gasteiger partial charge in [-0.25, -0.2) is 9.78 Å². The van der Waals surface area contributed by atoms with Crippen molar-refractivity contribution in [2.24, 2.45) is 5.41 Å². The zero-order valence-corrected chi connectivity index (χ0v) is 12.0. The second-order valence-corrected chi connectivity index (χ2v) is 5.50. The van der Waals surface area contributed by atoms with Gasteiger partial charge in [0.2, 0.25) is 0 Å². The number of rotatable bonds is 8. The maximum atomic E-state index is 11.2. The summed E-state index contributed by atoms with van der Waals surface area (Å²) in [6.07, 6.45) is 2.43. The molecule has 0 saturated heterocycles. The molecule has 3 N–H and O–H groups in total. The van der Waals surface area contributed by atoms with E-state index < -0.39 is 10.9 Å². The molecule has 8 heteroatoms. The molecule has 0 amide bonds. The van der Waals surface area contributed by atoms with Crippen LogP contribution in [0, 0.1) is 15.5 Å². The summed E-state index contributed by atoms with van der Waals surface area (Å²) in [5, 5.41) is 31.5. The molecule has 0 unspecified atom stereocenters. The third-order valence-electron chi connectivity index (χ3n) is 3.06. The zero-order valence-electron chi connectivity index (χ0n) is 12.0. The second-order valence-electron chi connectivity index (χ2n) is 5.50. The first kappa shape index (κ1) is 16.8. The van der Waals surface area contributed by atoms with Gasteiger partial charge in [-0.2, -0.15) is 0 Å². The molecule has 21 heavy (non-hydrogen) atoms. The van der Waals surface area contributed by atoms with Gasteiger partial charge in [0.15, 0.2) is 0 Å². The van der Waals surface area contributed by atoms with Crippen LogP contribution in [0.15, 0.2) is 12.3 Å². The molecular weight excluding hydrogens is 278 g/mol. The zero-order chi connectivity index (χ0) is 16.0. The molecular formula is C13H19N3O5. The van der Waals surface area contributed by atoms with E-state index in [1.807, 2.05) is 13.8 Å². The van der Waals surface area contributed by atoms with E-state index in [9.17, 15) is 14.9 Å². The molecule has 0 radical (unpaired) electrons. The number of nitrogens with one attached hydrogen (secondary N) is 1. The van der Waals surface area contributed by atoms with Crippen LogP contribution in [0.1, 0.15) is 37.0 Å². The number of anilines is 1. The van der Waals surface area contributed by atoms with Crippen LogP contribution in [-0.4, -0.2) is 39.2 Å². The van der Waals surface area contributed by atoms with Gasteiger partial charge in [-0.15, -0.1) is 0 Å². The highest BCUT2D eigenvalue weighted by atomic mass is 16.6. The van der Waals surface area contributed by atoms with Crippen molar-refractivity contribution in [3.8, 4) is 0 Å². The van der Waals surface area contributed by atoms with E-state index in [2.05, 4.69) is 10.3 Å². The number of carboxylic acids is 1. The lowest BCUT2D eigenvalue weighted by Crippen LogP contribution is -2.24. The summed E-state index contributed by atoms with van der Waals surface area (Å²) in [4.78, 5) is 24.9. The van der Waals surface area contributed by atoms with E-state index in [4.69, 9.17) is 10.2 Å². The maximum absolute atomic E-state index is 11.2. The van der Waals surface area contributed by atoms with Crippen LogP contribution in [0.3, 0.4) is 0 Å². The second kappa shape index (κ2) is 6.98. The fraction of sp³-hybridized carbons (Fsp3) is 0.538. The van der Waals surface area contributed by atoms with Crippen molar-refractivity contribution in [3.63, 3.8) is 0 Å². The van der Waals surface area contributed by atoms with Crippen molar-refractivity contribution >= 4 is 17.5 Å². The number of hydrogen-bond donors (Lipinski definition) is 3. The quantitative estimate of drug-likeness (QED) is 0.494. The average molecular weight is 297 g/mol. The van der Waals surface area contributed by atoms with E-state index in [1.165, 1.54) is 0 Å². The van der Waals surface area contributed by atoms with Crippen LogP contribution in [0.2, 0.25) is 0 Å². The number of aliphatic hydroxyl groups is 1. The standard InChI is InChI=1S/C13H19N3O5/c1-13(2,4-3-5-17)8-15-11-10(12(18)19)6-9(7-14-11)16(20)21/h6-7,17H,3-5,8H2,1-2H3,(H,14,15)(H,18,19). The van der Waals surface area contributed by atoms with Crippen LogP contribution in [0.25, 0.3) is 0 Å².